The summed E-state index contributed by atoms with van der Waals surface area (Å²) in [5.74, 6) is 7.63. The molecule has 6 heteroatoms. The van der Waals surface area contributed by atoms with Crippen molar-refractivity contribution in [2.45, 2.75) is 25.7 Å². The Labute approximate surface area is 94.8 Å². The monoisotopic (exact) mass is 222 g/mol. The Morgan fingerprint density at radius 3 is 2.69 bits per heavy atom. The average Bonchev–Trinajstić information content (AvgIpc) is 2.21. The van der Waals surface area contributed by atoms with Crippen LogP contribution in [-0.2, 0) is 0 Å². The number of nitrogen functional groups attached to an aromatic ring is 2. The van der Waals surface area contributed by atoms with Gasteiger partial charge in [0.05, 0.1) is 0 Å². The topological polar surface area (TPSA) is 102 Å². The number of aromatic nitrogens is 2. The molecule has 0 spiro atoms. The molecule has 0 aliphatic heterocycles. The van der Waals surface area contributed by atoms with Gasteiger partial charge in [-0.05, 0) is 12.3 Å². The predicted molar refractivity (Wildman–Crippen MR) is 64.7 cm³/mol. The number of hydrogen-bond donors (Lipinski definition) is 4. The minimum Gasteiger partial charge on any atom is -0.370 e. The number of nitrogens with zero attached hydrogens (tertiary/aromatic N) is 2. The van der Waals surface area contributed by atoms with Gasteiger partial charge in [0, 0.05) is 12.6 Å². The first-order valence-electron chi connectivity index (χ1n) is 5.63. The summed E-state index contributed by atoms with van der Waals surface area (Å²) in [6.45, 7) is 0.922. The van der Waals surface area contributed by atoms with Crippen LogP contribution in [0.15, 0.2) is 6.07 Å². The Morgan fingerprint density at radius 2 is 2.06 bits per heavy atom. The van der Waals surface area contributed by atoms with Gasteiger partial charge in [-0.2, -0.15) is 9.97 Å². The molecule has 1 aliphatic rings. The molecule has 0 aromatic carbocycles. The van der Waals surface area contributed by atoms with E-state index in [0.717, 1.165) is 18.3 Å². The van der Waals surface area contributed by atoms with E-state index in [0.29, 0.717) is 5.82 Å². The van der Waals surface area contributed by atoms with Crippen molar-refractivity contribution in [3.05, 3.63) is 6.07 Å². The van der Waals surface area contributed by atoms with Gasteiger partial charge in [0.15, 0.2) is 0 Å². The van der Waals surface area contributed by atoms with Crippen molar-refractivity contribution in [1.82, 2.24) is 9.97 Å². The van der Waals surface area contributed by atoms with Crippen LogP contribution in [0.1, 0.15) is 25.7 Å². The van der Waals surface area contributed by atoms with Crippen LogP contribution in [0, 0.1) is 5.92 Å². The zero-order chi connectivity index (χ0) is 11.4. The summed E-state index contributed by atoms with van der Waals surface area (Å²) >= 11 is 0. The molecule has 1 aromatic heterocycles. The van der Waals surface area contributed by atoms with Gasteiger partial charge in [0.25, 0.3) is 0 Å². The van der Waals surface area contributed by atoms with E-state index in [2.05, 4.69) is 20.7 Å². The Kier molecular flexibility index (Phi) is 3.40. The number of hydrazine groups is 1. The lowest BCUT2D eigenvalue weighted by Gasteiger charge is -2.25. The SMILES string of the molecule is NNc1cc(NCCC2CCC2)nc(N)n1. The van der Waals surface area contributed by atoms with Crippen LogP contribution in [0.5, 0.6) is 0 Å². The van der Waals surface area contributed by atoms with Crippen LogP contribution in [0.3, 0.4) is 0 Å². The van der Waals surface area contributed by atoms with Gasteiger partial charge < -0.3 is 16.5 Å². The molecular weight excluding hydrogens is 204 g/mol. The fraction of sp³-hybridized carbons (Fsp3) is 0.600. The van der Waals surface area contributed by atoms with Crippen molar-refractivity contribution in [2.75, 3.05) is 23.0 Å². The summed E-state index contributed by atoms with van der Waals surface area (Å²) in [5.41, 5.74) is 8.00. The molecule has 6 nitrogen and oxygen atoms in total. The van der Waals surface area contributed by atoms with E-state index >= 15 is 0 Å². The quantitative estimate of drug-likeness (QED) is 0.437. The number of hydrogen-bond acceptors (Lipinski definition) is 6. The zero-order valence-corrected chi connectivity index (χ0v) is 9.24. The second-order valence-corrected chi connectivity index (χ2v) is 4.15. The van der Waals surface area contributed by atoms with Gasteiger partial charge >= 0.3 is 0 Å². The third kappa shape index (κ3) is 2.73. The number of nitrogens with two attached hydrogens (primary N) is 2. The van der Waals surface area contributed by atoms with E-state index < -0.39 is 0 Å². The summed E-state index contributed by atoms with van der Waals surface area (Å²) < 4.78 is 0. The largest absolute Gasteiger partial charge is 0.370 e. The highest BCUT2D eigenvalue weighted by atomic mass is 15.3. The third-order valence-corrected chi connectivity index (χ3v) is 2.97. The minimum atomic E-state index is 0.224. The lowest BCUT2D eigenvalue weighted by molar-refractivity contribution is 0.303. The summed E-state index contributed by atoms with van der Waals surface area (Å²) in [5, 5.41) is 3.23. The van der Waals surface area contributed by atoms with Gasteiger partial charge in [-0.3, -0.25) is 0 Å². The molecule has 0 amide bonds. The average molecular weight is 222 g/mol. The molecule has 1 saturated carbocycles. The lowest BCUT2D eigenvalue weighted by atomic mass is 9.83. The molecule has 2 rings (SSSR count). The first-order valence-corrected chi connectivity index (χ1v) is 5.63. The Balaban J connectivity index is 1.84. The highest BCUT2D eigenvalue weighted by molar-refractivity contribution is 5.50. The molecule has 0 atom stereocenters. The molecule has 16 heavy (non-hydrogen) atoms. The molecule has 1 fully saturated rings. The Hall–Kier alpha value is -1.56. The summed E-state index contributed by atoms with van der Waals surface area (Å²) in [6, 6.07) is 1.75. The summed E-state index contributed by atoms with van der Waals surface area (Å²) in [6.07, 6.45) is 5.30. The fourth-order valence-corrected chi connectivity index (χ4v) is 1.82. The predicted octanol–water partition coefficient (Wildman–Crippen LogP) is 0.946. The minimum absolute atomic E-state index is 0.224. The van der Waals surface area contributed by atoms with Crippen LogP contribution >= 0.6 is 0 Å². The van der Waals surface area contributed by atoms with Crippen molar-refractivity contribution in [2.24, 2.45) is 11.8 Å². The van der Waals surface area contributed by atoms with Gasteiger partial charge in [-0.25, -0.2) is 5.84 Å². The first-order chi connectivity index (χ1) is 7.78. The standard InChI is InChI=1S/C10H18N6/c11-10-14-8(6-9(15-10)16-12)13-5-4-7-2-1-3-7/h6-7H,1-5,12H2,(H4,11,13,14,15,16). The molecule has 6 N–H and O–H groups in total. The summed E-state index contributed by atoms with van der Waals surface area (Å²) in [7, 11) is 0. The van der Waals surface area contributed by atoms with E-state index in [-0.39, 0.29) is 5.95 Å². The van der Waals surface area contributed by atoms with Gasteiger partial charge in [0.1, 0.15) is 11.6 Å². The van der Waals surface area contributed by atoms with Crippen LogP contribution in [0.25, 0.3) is 0 Å². The second-order valence-electron chi connectivity index (χ2n) is 4.15. The van der Waals surface area contributed by atoms with E-state index in [1.807, 2.05) is 0 Å². The highest BCUT2D eigenvalue weighted by Crippen LogP contribution is 2.29. The Morgan fingerprint density at radius 1 is 1.31 bits per heavy atom. The lowest BCUT2D eigenvalue weighted by Crippen LogP contribution is -2.17. The van der Waals surface area contributed by atoms with Gasteiger partial charge in [-0.15, -0.1) is 0 Å². The maximum absolute atomic E-state index is 5.55. The molecule has 0 bridgehead atoms. The normalized spacial score (nSPS) is 15.6. The van der Waals surface area contributed by atoms with E-state index in [9.17, 15) is 0 Å². The van der Waals surface area contributed by atoms with Crippen molar-refractivity contribution >= 4 is 17.6 Å². The van der Waals surface area contributed by atoms with E-state index in [1.165, 1.54) is 25.7 Å². The van der Waals surface area contributed by atoms with Crippen molar-refractivity contribution in [3.8, 4) is 0 Å². The Bertz CT molecular complexity index is 349. The van der Waals surface area contributed by atoms with Crippen LogP contribution in [0.4, 0.5) is 17.6 Å². The number of anilines is 3. The molecule has 0 unspecified atom stereocenters. The second kappa shape index (κ2) is 4.98. The molecular formula is C10H18N6. The summed E-state index contributed by atoms with van der Waals surface area (Å²) in [4.78, 5) is 8.00. The van der Waals surface area contributed by atoms with Crippen LogP contribution < -0.4 is 22.3 Å². The highest BCUT2D eigenvalue weighted by Gasteiger charge is 2.16. The molecule has 0 radical (unpaired) electrons. The number of nitrogens with one attached hydrogen (secondary N) is 2. The van der Waals surface area contributed by atoms with Crippen LogP contribution in [0.2, 0.25) is 0 Å². The van der Waals surface area contributed by atoms with E-state index in [1.54, 1.807) is 6.07 Å². The van der Waals surface area contributed by atoms with Crippen molar-refractivity contribution < 1.29 is 0 Å². The number of rotatable bonds is 5. The maximum Gasteiger partial charge on any atom is 0.223 e. The van der Waals surface area contributed by atoms with Crippen molar-refractivity contribution in [3.63, 3.8) is 0 Å². The molecule has 1 heterocycles. The van der Waals surface area contributed by atoms with Gasteiger partial charge in [0.2, 0.25) is 5.95 Å². The fourth-order valence-electron chi connectivity index (χ4n) is 1.82. The molecule has 1 aliphatic carbocycles. The first kappa shape index (κ1) is 10.9. The molecule has 1 aromatic rings. The van der Waals surface area contributed by atoms with E-state index in [4.69, 9.17) is 11.6 Å². The maximum atomic E-state index is 5.55. The van der Waals surface area contributed by atoms with Crippen LogP contribution in [-0.4, -0.2) is 16.5 Å². The smallest absolute Gasteiger partial charge is 0.223 e. The molecule has 0 saturated heterocycles. The zero-order valence-electron chi connectivity index (χ0n) is 9.24. The third-order valence-electron chi connectivity index (χ3n) is 2.97. The van der Waals surface area contributed by atoms with Gasteiger partial charge in [-0.1, -0.05) is 19.3 Å². The molecule has 88 valence electrons. The van der Waals surface area contributed by atoms with Crippen molar-refractivity contribution in [1.29, 1.82) is 0 Å².